The fraction of sp³-hybridized carbons (Fsp3) is 1.00. The second kappa shape index (κ2) is 6.34. The van der Waals surface area contributed by atoms with Crippen molar-refractivity contribution >= 4 is 18.2 Å². The van der Waals surface area contributed by atoms with Gasteiger partial charge in [0.05, 0.1) is 13.8 Å². The average molecular weight is 281 g/mol. The molecule has 0 aliphatic heterocycles. The van der Waals surface area contributed by atoms with Crippen molar-refractivity contribution in [1.82, 2.24) is 0 Å². The minimum absolute atomic E-state index is 0.0894. The second-order valence-electron chi connectivity index (χ2n) is 5.97. The van der Waals surface area contributed by atoms with Gasteiger partial charge in [0.15, 0.2) is 0 Å². The van der Waals surface area contributed by atoms with E-state index in [0.29, 0.717) is 23.0 Å². The second-order valence-corrected chi connectivity index (χ2v) is 13.7. The van der Waals surface area contributed by atoms with Crippen LogP contribution in [0, 0.1) is 0 Å². The maximum absolute atomic E-state index is 10.8. The maximum Gasteiger partial charge on any atom is 0.264 e. The van der Waals surface area contributed by atoms with Crippen molar-refractivity contribution in [3.63, 3.8) is 0 Å². The molecular formula is C12H28O3SSi. The quantitative estimate of drug-likeness (QED) is 0.567. The number of hydrogen-bond donors (Lipinski definition) is 1. The Balaban J connectivity index is 4.83. The SMILES string of the molecule is CC(C)[Si](CCCS(=O)(=O)O)(C(C)C)C(C)C. The fourth-order valence-corrected chi connectivity index (χ4v) is 10.7. The minimum Gasteiger partial charge on any atom is -0.286 e. The van der Waals surface area contributed by atoms with Crippen LogP contribution in [0.2, 0.25) is 22.7 Å². The van der Waals surface area contributed by atoms with Crippen molar-refractivity contribution in [3.05, 3.63) is 0 Å². The van der Waals surface area contributed by atoms with Gasteiger partial charge in [-0.25, -0.2) is 0 Å². The zero-order chi connectivity index (χ0) is 13.9. The molecule has 0 spiro atoms. The molecule has 3 nitrogen and oxygen atoms in total. The largest absolute Gasteiger partial charge is 0.286 e. The smallest absolute Gasteiger partial charge is 0.264 e. The van der Waals surface area contributed by atoms with Crippen LogP contribution in [0.1, 0.15) is 48.0 Å². The summed E-state index contributed by atoms with van der Waals surface area (Å²) in [6.07, 6.45) is 0.597. The molecule has 0 rings (SSSR count). The molecule has 104 valence electrons. The Kier molecular flexibility index (Phi) is 6.39. The molecule has 0 unspecified atom stereocenters. The van der Waals surface area contributed by atoms with Crippen LogP contribution >= 0.6 is 0 Å². The first-order chi connectivity index (χ1) is 7.54. The average Bonchev–Trinajstić information content (AvgIpc) is 2.08. The summed E-state index contributed by atoms with van der Waals surface area (Å²) in [4.78, 5) is 0. The first-order valence-electron chi connectivity index (χ1n) is 6.49. The summed E-state index contributed by atoms with van der Waals surface area (Å²) in [6, 6.07) is 0.986. The van der Waals surface area contributed by atoms with Crippen molar-refractivity contribution in [3.8, 4) is 0 Å². The van der Waals surface area contributed by atoms with Crippen LogP contribution in [-0.4, -0.2) is 26.8 Å². The van der Waals surface area contributed by atoms with Gasteiger partial charge < -0.3 is 0 Å². The molecule has 0 fully saturated rings. The summed E-state index contributed by atoms with van der Waals surface area (Å²) in [5.41, 5.74) is 1.93. The molecule has 0 heterocycles. The summed E-state index contributed by atoms with van der Waals surface area (Å²) in [5, 5.41) is 0. The monoisotopic (exact) mass is 280 g/mol. The summed E-state index contributed by atoms with van der Waals surface area (Å²) < 4.78 is 30.4. The van der Waals surface area contributed by atoms with Gasteiger partial charge in [-0.2, -0.15) is 8.42 Å². The Morgan fingerprint density at radius 3 is 1.53 bits per heavy atom. The van der Waals surface area contributed by atoms with Crippen molar-refractivity contribution in [2.75, 3.05) is 5.75 Å². The van der Waals surface area contributed by atoms with Crippen LogP contribution in [0.25, 0.3) is 0 Å². The number of hydrogen-bond acceptors (Lipinski definition) is 2. The van der Waals surface area contributed by atoms with E-state index < -0.39 is 18.2 Å². The van der Waals surface area contributed by atoms with Gasteiger partial charge in [-0.05, 0) is 6.42 Å². The highest BCUT2D eigenvalue weighted by molar-refractivity contribution is 7.85. The van der Waals surface area contributed by atoms with Crippen molar-refractivity contribution in [1.29, 1.82) is 0 Å². The van der Waals surface area contributed by atoms with Crippen molar-refractivity contribution in [2.24, 2.45) is 0 Å². The third-order valence-corrected chi connectivity index (χ3v) is 12.7. The zero-order valence-corrected chi connectivity index (χ0v) is 13.8. The van der Waals surface area contributed by atoms with Crippen LogP contribution in [0.4, 0.5) is 0 Å². The van der Waals surface area contributed by atoms with E-state index in [9.17, 15) is 8.42 Å². The summed E-state index contributed by atoms with van der Waals surface area (Å²) in [6.45, 7) is 13.6. The lowest BCUT2D eigenvalue weighted by Crippen LogP contribution is -2.44. The highest BCUT2D eigenvalue weighted by Gasteiger charge is 2.41. The predicted octanol–water partition coefficient (Wildman–Crippen LogP) is 3.94. The topological polar surface area (TPSA) is 54.4 Å². The predicted molar refractivity (Wildman–Crippen MR) is 76.9 cm³/mol. The minimum atomic E-state index is -3.80. The fourth-order valence-electron chi connectivity index (χ4n) is 3.43. The molecule has 0 saturated carbocycles. The summed E-state index contributed by atoms with van der Waals surface area (Å²) in [5.74, 6) is -0.0894. The van der Waals surface area contributed by atoms with E-state index >= 15 is 0 Å². The lowest BCUT2D eigenvalue weighted by atomic mass is 10.5. The van der Waals surface area contributed by atoms with E-state index in [0.717, 1.165) is 6.04 Å². The Bertz CT molecular complexity index is 299. The normalized spacial score (nSPS) is 14.0. The molecule has 0 bridgehead atoms. The maximum atomic E-state index is 10.8. The van der Waals surface area contributed by atoms with Crippen LogP contribution in [0.5, 0.6) is 0 Å². The highest BCUT2D eigenvalue weighted by atomic mass is 32.2. The van der Waals surface area contributed by atoms with Crippen molar-refractivity contribution in [2.45, 2.75) is 70.6 Å². The molecule has 5 heteroatoms. The van der Waals surface area contributed by atoms with E-state index in [1.165, 1.54) is 0 Å². The van der Waals surface area contributed by atoms with Crippen LogP contribution in [0.15, 0.2) is 0 Å². The summed E-state index contributed by atoms with van der Waals surface area (Å²) >= 11 is 0. The zero-order valence-electron chi connectivity index (χ0n) is 12.0. The molecule has 0 saturated heterocycles. The Morgan fingerprint density at radius 2 is 1.29 bits per heavy atom. The number of rotatable bonds is 7. The first kappa shape index (κ1) is 17.1. The van der Waals surface area contributed by atoms with Gasteiger partial charge >= 0.3 is 0 Å². The van der Waals surface area contributed by atoms with E-state index in [4.69, 9.17) is 4.55 Å². The molecule has 0 aromatic rings. The molecule has 0 atom stereocenters. The van der Waals surface area contributed by atoms with Gasteiger partial charge in [-0.15, -0.1) is 0 Å². The Labute approximate surface area is 108 Å². The third kappa shape index (κ3) is 4.71. The first-order valence-corrected chi connectivity index (χ1v) is 10.5. The van der Waals surface area contributed by atoms with Crippen LogP contribution in [-0.2, 0) is 10.1 Å². The molecule has 0 aliphatic carbocycles. The van der Waals surface area contributed by atoms with Gasteiger partial charge in [-0.1, -0.05) is 64.2 Å². The van der Waals surface area contributed by atoms with E-state index in [1.54, 1.807) is 0 Å². The van der Waals surface area contributed by atoms with Gasteiger partial charge in [0.25, 0.3) is 10.1 Å². The van der Waals surface area contributed by atoms with Crippen LogP contribution < -0.4 is 0 Å². The molecule has 17 heavy (non-hydrogen) atoms. The van der Waals surface area contributed by atoms with E-state index in [2.05, 4.69) is 41.5 Å². The molecule has 0 radical (unpaired) electrons. The summed E-state index contributed by atoms with van der Waals surface area (Å²) in [7, 11) is -5.30. The Hall–Kier alpha value is 0.127. The van der Waals surface area contributed by atoms with Crippen molar-refractivity contribution < 1.29 is 13.0 Å². The molecule has 1 N–H and O–H groups in total. The van der Waals surface area contributed by atoms with Gasteiger partial charge in [0.1, 0.15) is 0 Å². The highest BCUT2D eigenvalue weighted by Crippen LogP contribution is 2.45. The molecule has 0 aromatic carbocycles. The van der Waals surface area contributed by atoms with E-state index in [-0.39, 0.29) is 5.75 Å². The molecular weight excluding hydrogens is 252 g/mol. The molecule has 0 amide bonds. The lowest BCUT2D eigenvalue weighted by molar-refractivity contribution is 0.482. The van der Waals surface area contributed by atoms with Crippen LogP contribution in [0.3, 0.4) is 0 Å². The Morgan fingerprint density at radius 1 is 0.941 bits per heavy atom. The third-order valence-electron chi connectivity index (χ3n) is 4.24. The van der Waals surface area contributed by atoms with Gasteiger partial charge in [-0.3, -0.25) is 4.55 Å². The molecule has 0 aliphatic rings. The van der Waals surface area contributed by atoms with Gasteiger partial charge in [0, 0.05) is 0 Å². The molecule has 0 aromatic heterocycles. The lowest BCUT2D eigenvalue weighted by Gasteiger charge is -2.43. The standard InChI is InChI=1S/C12H28O3SSi/c1-10(2)17(11(3)4,12(5)6)9-7-8-16(13,14)15/h10-12H,7-9H2,1-6H3,(H,13,14,15). The van der Waals surface area contributed by atoms with E-state index in [1.807, 2.05) is 0 Å². The van der Waals surface area contributed by atoms with Gasteiger partial charge in [0.2, 0.25) is 0 Å².